The fourth-order valence-electron chi connectivity index (χ4n) is 0.893. The van der Waals surface area contributed by atoms with E-state index in [2.05, 4.69) is 10.7 Å². The summed E-state index contributed by atoms with van der Waals surface area (Å²) in [5, 5.41) is 4.14. The minimum absolute atomic E-state index is 0.195. The second-order valence-electron chi connectivity index (χ2n) is 3.08. The Morgan fingerprint density at radius 1 is 1.43 bits per heavy atom. The standard InChI is InChI=1S/C8H17N3O2S/c1-6(12)9-7(5-14-4)8(13)10-11(2)3/h7H,5H2,1-4H3,(H,9,12)(H,10,13)/t7-/m0/s1. The molecule has 0 spiro atoms. The van der Waals surface area contributed by atoms with Crippen LogP contribution in [0.4, 0.5) is 0 Å². The maximum absolute atomic E-state index is 11.5. The molecule has 1 atom stereocenters. The van der Waals surface area contributed by atoms with E-state index in [1.54, 1.807) is 19.1 Å². The number of amides is 2. The number of carbonyl (C=O) groups is 2. The van der Waals surface area contributed by atoms with Gasteiger partial charge >= 0.3 is 0 Å². The van der Waals surface area contributed by atoms with E-state index in [0.29, 0.717) is 5.75 Å². The molecule has 0 unspecified atom stereocenters. The molecule has 0 rings (SSSR count). The molecule has 0 bridgehead atoms. The first-order valence-corrected chi connectivity index (χ1v) is 5.60. The van der Waals surface area contributed by atoms with Crippen molar-refractivity contribution in [2.75, 3.05) is 26.1 Å². The molecule has 0 aliphatic rings. The SMILES string of the molecule is CSC[C@H](NC(C)=O)C(=O)NN(C)C. The molecule has 0 heterocycles. The summed E-state index contributed by atoms with van der Waals surface area (Å²) in [4.78, 5) is 22.3. The number of carbonyl (C=O) groups excluding carboxylic acids is 2. The molecule has 82 valence electrons. The van der Waals surface area contributed by atoms with Crippen molar-refractivity contribution in [2.24, 2.45) is 0 Å². The summed E-state index contributed by atoms with van der Waals surface area (Å²) in [5.41, 5.74) is 2.60. The number of thioether (sulfide) groups is 1. The lowest BCUT2D eigenvalue weighted by Gasteiger charge is -2.19. The summed E-state index contributed by atoms with van der Waals surface area (Å²) in [5.74, 6) is 0.178. The zero-order valence-corrected chi connectivity index (χ0v) is 9.77. The van der Waals surface area contributed by atoms with Gasteiger partial charge in [-0.05, 0) is 6.26 Å². The highest BCUT2D eigenvalue weighted by molar-refractivity contribution is 7.98. The van der Waals surface area contributed by atoms with Gasteiger partial charge in [0.1, 0.15) is 6.04 Å². The Hall–Kier alpha value is -0.750. The van der Waals surface area contributed by atoms with Crippen molar-refractivity contribution >= 4 is 23.6 Å². The van der Waals surface area contributed by atoms with Crippen LogP contribution >= 0.6 is 11.8 Å². The van der Waals surface area contributed by atoms with Crippen LogP contribution in [0.1, 0.15) is 6.92 Å². The van der Waals surface area contributed by atoms with Crippen molar-refractivity contribution in [1.82, 2.24) is 15.8 Å². The number of nitrogens with zero attached hydrogens (tertiary/aromatic N) is 1. The zero-order chi connectivity index (χ0) is 11.1. The summed E-state index contributed by atoms with van der Waals surface area (Å²) in [7, 11) is 3.45. The van der Waals surface area contributed by atoms with Gasteiger partial charge in [-0.2, -0.15) is 11.8 Å². The second kappa shape index (κ2) is 6.67. The Balaban J connectivity index is 4.17. The quantitative estimate of drug-likeness (QED) is 0.609. The van der Waals surface area contributed by atoms with E-state index in [1.165, 1.54) is 18.7 Å². The smallest absolute Gasteiger partial charge is 0.257 e. The summed E-state index contributed by atoms with van der Waals surface area (Å²) < 4.78 is 0. The largest absolute Gasteiger partial charge is 0.344 e. The van der Waals surface area contributed by atoms with Gasteiger partial charge in [0, 0.05) is 26.8 Å². The van der Waals surface area contributed by atoms with Crippen molar-refractivity contribution in [3.05, 3.63) is 0 Å². The summed E-state index contributed by atoms with van der Waals surface area (Å²) >= 11 is 1.51. The second-order valence-corrected chi connectivity index (χ2v) is 3.99. The highest BCUT2D eigenvalue weighted by Crippen LogP contribution is 1.97. The third-order valence-corrected chi connectivity index (χ3v) is 2.03. The number of rotatable bonds is 5. The molecule has 2 N–H and O–H groups in total. The molecule has 0 aliphatic heterocycles. The number of nitrogens with one attached hydrogen (secondary N) is 2. The average molecular weight is 219 g/mol. The van der Waals surface area contributed by atoms with Gasteiger partial charge < -0.3 is 5.32 Å². The first-order valence-electron chi connectivity index (χ1n) is 4.21. The molecule has 0 aromatic carbocycles. The summed E-state index contributed by atoms with van der Waals surface area (Å²) in [6.45, 7) is 1.40. The highest BCUT2D eigenvalue weighted by Gasteiger charge is 2.18. The lowest BCUT2D eigenvalue weighted by molar-refractivity contribution is -0.130. The van der Waals surface area contributed by atoms with E-state index in [1.807, 2.05) is 6.26 Å². The van der Waals surface area contributed by atoms with Crippen LogP contribution in [-0.4, -0.2) is 49.0 Å². The Bertz CT molecular complexity index is 209. The van der Waals surface area contributed by atoms with Crippen LogP contribution in [0.2, 0.25) is 0 Å². The lowest BCUT2D eigenvalue weighted by Crippen LogP contribution is -2.51. The topological polar surface area (TPSA) is 61.4 Å². The van der Waals surface area contributed by atoms with E-state index in [0.717, 1.165) is 0 Å². The molecule has 2 amide bonds. The fourth-order valence-corrected chi connectivity index (χ4v) is 1.46. The molecule has 0 fully saturated rings. The fraction of sp³-hybridized carbons (Fsp3) is 0.750. The van der Waals surface area contributed by atoms with Crippen LogP contribution in [0.25, 0.3) is 0 Å². The Morgan fingerprint density at radius 3 is 2.36 bits per heavy atom. The molecule has 0 aromatic rings. The predicted octanol–water partition coefficient (Wildman–Crippen LogP) is -0.553. The van der Waals surface area contributed by atoms with Crippen molar-refractivity contribution in [3.63, 3.8) is 0 Å². The molecular weight excluding hydrogens is 202 g/mol. The van der Waals surface area contributed by atoms with Gasteiger partial charge in [0.15, 0.2) is 0 Å². The van der Waals surface area contributed by atoms with Gasteiger partial charge in [0.25, 0.3) is 5.91 Å². The van der Waals surface area contributed by atoms with Gasteiger partial charge in [-0.3, -0.25) is 15.0 Å². The van der Waals surface area contributed by atoms with Gasteiger partial charge in [-0.25, -0.2) is 5.01 Å². The normalized spacial score (nSPS) is 12.4. The molecule has 6 heteroatoms. The van der Waals surface area contributed by atoms with Crippen molar-refractivity contribution in [2.45, 2.75) is 13.0 Å². The van der Waals surface area contributed by atoms with Gasteiger partial charge in [-0.15, -0.1) is 0 Å². The molecule has 5 nitrogen and oxygen atoms in total. The zero-order valence-electron chi connectivity index (χ0n) is 8.96. The van der Waals surface area contributed by atoms with E-state index in [9.17, 15) is 9.59 Å². The first kappa shape index (κ1) is 13.2. The maximum Gasteiger partial charge on any atom is 0.257 e. The van der Waals surface area contributed by atoms with Gasteiger partial charge in [-0.1, -0.05) is 0 Å². The highest BCUT2D eigenvalue weighted by atomic mass is 32.2. The van der Waals surface area contributed by atoms with Crippen LogP contribution in [0.3, 0.4) is 0 Å². The Labute approximate surface area is 88.6 Å². The third-order valence-electron chi connectivity index (χ3n) is 1.36. The van der Waals surface area contributed by atoms with E-state index < -0.39 is 6.04 Å². The van der Waals surface area contributed by atoms with Crippen molar-refractivity contribution in [3.8, 4) is 0 Å². The summed E-state index contributed by atoms with van der Waals surface area (Å²) in [6, 6.07) is -0.468. The number of hydrogen-bond acceptors (Lipinski definition) is 4. The molecular formula is C8H17N3O2S. The van der Waals surface area contributed by atoms with Crippen LogP contribution in [0.15, 0.2) is 0 Å². The molecule has 0 aliphatic carbocycles. The maximum atomic E-state index is 11.5. The monoisotopic (exact) mass is 219 g/mol. The van der Waals surface area contributed by atoms with E-state index in [4.69, 9.17) is 0 Å². The van der Waals surface area contributed by atoms with E-state index >= 15 is 0 Å². The summed E-state index contributed by atoms with van der Waals surface area (Å²) in [6.07, 6.45) is 1.89. The van der Waals surface area contributed by atoms with Crippen LogP contribution in [-0.2, 0) is 9.59 Å². The van der Waals surface area contributed by atoms with Crippen LogP contribution < -0.4 is 10.7 Å². The van der Waals surface area contributed by atoms with Crippen LogP contribution in [0, 0.1) is 0 Å². The number of hydrogen-bond donors (Lipinski definition) is 2. The minimum Gasteiger partial charge on any atom is -0.344 e. The average Bonchev–Trinajstić information content (AvgIpc) is 2.01. The third kappa shape index (κ3) is 5.82. The first-order chi connectivity index (χ1) is 6.47. The van der Waals surface area contributed by atoms with Gasteiger partial charge in [0.2, 0.25) is 5.91 Å². The van der Waals surface area contributed by atoms with Crippen molar-refractivity contribution < 1.29 is 9.59 Å². The Morgan fingerprint density at radius 2 is 2.00 bits per heavy atom. The van der Waals surface area contributed by atoms with Crippen molar-refractivity contribution in [1.29, 1.82) is 0 Å². The molecule has 0 saturated heterocycles. The molecule has 0 aromatic heterocycles. The minimum atomic E-state index is -0.468. The van der Waals surface area contributed by atoms with Crippen LogP contribution in [0.5, 0.6) is 0 Å². The molecule has 14 heavy (non-hydrogen) atoms. The predicted molar refractivity (Wildman–Crippen MR) is 57.8 cm³/mol. The molecule has 0 saturated carbocycles. The van der Waals surface area contributed by atoms with Gasteiger partial charge in [0.05, 0.1) is 0 Å². The molecule has 0 radical (unpaired) electrons. The number of hydrazine groups is 1. The Kier molecular flexibility index (Phi) is 6.31. The van der Waals surface area contributed by atoms with E-state index in [-0.39, 0.29) is 11.8 Å². The lowest BCUT2D eigenvalue weighted by atomic mass is 10.3.